The van der Waals surface area contributed by atoms with Gasteiger partial charge in [-0.25, -0.2) is 39.3 Å². The Morgan fingerprint density at radius 1 is 0.538 bits per heavy atom. The second-order valence-electron chi connectivity index (χ2n) is 23.7. The number of alkyl halides is 9. The van der Waals surface area contributed by atoms with E-state index < -0.39 is 91.5 Å². The first-order chi connectivity index (χ1) is 44.1. The molecular weight excluding hydrogens is 1240 g/mol. The van der Waals surface area contributed by atoms with Crippen LogP contribution in [0.15, 0.2) is 89.9 Å². The molecule has 93 heavy (non-hydrogen) atoms. The van der Waals surface area contributed by atoms with Gasteiger partial charge in [0.05, 0.1) is 53.4 Å². The number of Topliss-reactive ketones (excluding diaryl/α,β-unsaturated/α-hetero) is 3. The normalized spacial score (nSPS) is 18.6. The molecule has 0 saturated carbocycles. The van der Waals surface area contributed by atoms with Gasteiger partial charge in [-0.2, -0.15) is 39.5 Å². The minimum atomic E-state index is -4.46. The number of aromatic nitrogens is 6. The van der Waals surface area contributed by atoms with Gasteiger partial charge in [0.15, 0.2) is 40.6 Å². The number of rotatable bonds is 12. The number of halogens is 9. The lowest BCUT2D eigenvalue weighted by Crippen LogP contribution is -2.56. The zero-order valence-electron chi connectivity index (χ0n) is 50.9. The largest absolute Gasteiger partial charge is 0.391 e. The first kappa shape index (κ1) is 66.5. The lowest BCUT2D eigenvalue weighted by Gasteiger charge is -2.46. The van der Waals surface area contributed by atoms with Crippen LogP contribution in [0.3, 0.4) is 0 Å². The number of hydrogen-bond donors (Lipinski definition) is 3. The van der Waals surface area contributed by atoms with Crippen molar-refractivity contribution in [1.29, 1.82) is 0 Å². The van der Waals surface area contributed by atoms with Gasteiger partial charge < -0.3 is 19.2 Å². The summed E-state index contributed by atoms with van der Waals surface area (Å²) in [5, 5.41) is 11.8. The fourth-order valence-electron chi connectivity index (χ4n) is 12.1. The molecule has 0 unspecified atom stereocenters. The van der Waals surface area contributed by atoms with Crippen molar-refractivity contribution in [1.82, 2.24) is 30.1 Å². The van der Waals surface area contributed by atoms with Gasteiger partial charge in [-0.3, -0.25) is 45.0 Å². The van der Waals surface area contributed by atoms with E-state index in [0.29, 0.717) is 71.1 Å². The fraction of sp³-hybridized carbons (Fsp3) is 0.452. The summed E-state index contributed by atoms with van der Waals surface area (Å²) in [5.74, 6) is -3.82. The van der Waals surface area contributed by atoms with Crippen LogP contribution < -0.4 is 45.3 Å². The van der Waals surface area contributed by atoms with Crippen molar-refractivity contribution in [3.63, 3.8) is 0 Å². The van der Waals surface area contributed by atoms with Crippen LogP contribution in [0.2, 0.25) is 0 Å². The smallest absolute Gasteiger partial charge is 0.366 e. The number of aryl methyl sites for hydroxylation is 2. The van der Waals surface area contributed by atoms with Gasteiger partial charge in [0.2, 0.25) is 0 Å². The van der Waals surface area contributed by atoms with Crippen LogP contribution in [-0.4, -0.2) is 141 Å². The Labute approximate surface area is 527 Å². The quantitative estimate of drug-likeness (QED) is 0.0761. The summed E-state index contributed by atoms with van der Waals surface area (Å²) >= 11 is 0. The maximum atomic E-state index is 13.2. The topological polar surface area (TPSA) is 248 Å². The van der Waals surface area contributed by atoms with Crippen LogP contribution in [-0.2, 0) is 0 Å². The number of nitrogens with one attached hydrogen (secondary N) is 3. The Hall–Kier alpha value is -9.45. The molecule has 5 atom stereocenters. The number of fused-ring (bicyclic) bond motifs is 12. The van der Waals surface area contributed by atoms with E-state index in [4.69, 9.17) is 4.52 Å². The Bertz CT molecular complexity index is 3730. The van der Waals surface area contributed by atoms with Crippen molar-refractivity contribution in [3.05, 3.63) is 114 Å². The lowest BCUT2D eigenvalue weighted by atomic mass is 9.97. The van der Waals surface area contributed by atoms with E-state index in [9.17, 15) is 68.3 Å². The minimum absolute atomic E-state index is 0.0280. The van der Waals surface area contributed by atoms with E-state index in [0.717, 1.165) is 72.0 Å². The summed E-state index contributed by atoms with van der Waals surface area (Å²) in [4.78, 5) is 109. The molecule has 6 bridgehead atoms. The summed E-state index contributed by atoms with van der Waals surface area (Å²) in [6, 6.07) is 16.5. The molecule has 0 spiro atoms. The van der Waals surface area contributed by atoms with Gasteiger partial charge in [0.25, 0.3) is 0 Å². The maximum absolute atomic E-state index is 13.2. The number of pyridine rings is 5. The van der Waals surface area contributed by atoms with E-state index in [1.165, 1.54) is 33.1 Å². The standard InChI is InChI=1S/C22H24F3N5O2.C21H22F3N5O2.C19H20F3N5O3/c1-13-10-16-20(28-19(13)17(31)11-14(2)22(23,24)25)30(15-6-5-9-29(16)12-15)21(32)27-18-7-3-4-8-26-18;1-13-11-15-19(27-18(13)16(30)7-8-21(22,23)24)29(14-5-4-10-28(15)12-14)20(31)26-17-6-2-3-9-25-17;1-11(19(20,21)22)9-15(28)13-4-5-14-17(23-13)27(12-3-2-7-26(14)10-12)18(29)24-16-6-8-30-25-16/h3-4,7-8,10,14-15H,5-6,9,11-12H2,1-2H3,(H,26,27,32);2-3,6,9,11,14H,4-5,7-8,10,12H2,1H3,(H,25,26,31);4-6,8,11-12H,2-3,7,9-10H2,1H3,(H,24,25,29)/t14-,15-;14-;11-,12-/m000/s1. The molecule has 0 aliphatic carbocycles. The molecule has 22 nitrogen and oxygen atoms in total. The number of anilines is 9. The average molecular weight is 1300 g/mol. The van der Waals surface area contributed by atoms with Crippen LogP contribution in [0.25, 0.3) is 0 Å². The molecule has 0 radical (unpaired) electrons. The number of piperidine rings is 3. The highest BCUT2D eigenvalue weighted by Crippen LogP contribution is 2.43. The molecule has 6 aliphatic heterocycles. The van der Waals surface area contributed by atoms with Crippen molar-refractivity contribution < 1.29 is 72.8 Å². The van der Waals surface area contributed by atoms with Gasteiger partial charge in [0.1, 0.15) is 35.0 Å². The zero-order chi connectivity index (χ0) is 66.7. The van der Waals surface area contributed by atoms with E-state index in [1.54, 1.807) is 80.8 Å². The van der Waals surface area contributed by atoms with Crippen molar-refractivity contribution in [2.75, 3.05) is 84.6 Å². The Morgan fingerprint density at radius 3 is 1.39 bits per heavy atom. The molecule has 12 rings (SSSR count). The van der Waals surface area contributed by atoms with Gasteiger partial charge in [-0.15, -0.1) is 0 Å². The van der Waals surface area contributed by atoms with Gasteiger partial charge >= 0.3 is 36.6 Å². The molecule has 3 fully saturated rings. The van der Waals surface area contributed by atoms with Crippen molar-refractivity contribution >= 4 is 87.4 Å². The van der Waals surface area contributed by atoms with Crippen molar-refractivity contribution in [3.8, 4) is 0 Å². The number of amides is 6. The third-order valence-electron chi connectivity index (χ3n) is 16.9. The minimum Gasteiger partial charge on any atom is -0.366 e. The predicted octanol–water partition coefficient (Wildman–Crippen LogP) is 12.8. The number of nitrogens with zero attached hydrogens (tertiary/aromatic N) is 12. The molecule has 3 saturated heterocycles. The Balaban J connectivity index is 0.000000153. The van der Waals surface area contributed by atoms with Crippen molar-refractivity contribution in [2.45, 2.75) is 129 Å². The van der Waals surface area contributed by atoms with E-state index in [2.05, 4.69) is 60.7 Å². The first-order valence-corrected chi connectivity index (χ1v) is 30.2. The predicted molar refractivity (Wildman–Crippen MR) is 325 cm³/mol. The molecular formula is C62H66F9N15O7. The highest BCUT2D eigenvalue weighted by Gasteiger charge is 2.44. The number of hydrogen-bond acceptors (Lipinski definition) is 16. The van der Waals surface area contributed by atoms with Crippen LogP contribution in [0, 0.1) is 25.7 Å². The second kappa shape index (κ2) is 27.4. The molecule has 0 aromatic carbocycles. The summed E-state index contributed by atoms with van der Waals surface area (Å²) in [5.41, 5.74) is 2.92. The third kappa shape index (κ3) is 15.4. The Kier molecular flexibility index (Phi) is 19.6. The van der Waals surface area contributed by atoms with E-state index >= 15 is 0 Å². The molecule has 3 N–H and O–H groups in total. The maximum Gasteiger partial charge on any atom is 0.391 e. The fourth-order valence-corrected chi connectivity index (χ4v) is 12.1. The van der Waals surface area contributed by atoms with Crippen LogP contribution in [0.1, 0.15) is 121 Å². The molecule has 6 amide bonds. The molecule has 494 valence electrons. The van der Waals surface area contributed by atoms with Crippen LogP contribution in [0.4, 0.5) is 106 Å². The van der Waals surface area contributed by atoms with Gasteiger partial charge in [-0.1, -0.05) is 31.1 Å². The second-order valence-corrected chi connectivity index (χ2v) is 23.7. The van der Waals surface area contributed by atoms with E-state index in [1.807, 2.05) is 0 Å². The van der Waals surface area contributed by atoms with Crippen LogP contribution in [0.5, 0.6) is 0 Å². The summed E-state index contributed by atoms with van der Waals surface area (Å²) < 4.78 is 120. The average Bonchev–Trinajstić information content (AvgIpc) is 1.63. The number of urea groups is 3. The summed E-state index contributed by atoms with van der Waals surface area (Å²) in [6.45, 7) is 9.49. The van der Waals surface area contributed by atoms with Gasteiger partial charge in [0, 0.05) is 77.0 Å². The molecule has 12 heterocycles. The number of ketones is 3. The molecule has 6 aromatic heterocycles. The highest BCUT2D eigenvalue weighted by atomic mass is 19.4. The highest BCUT2D eigenvalue weighted by molar-refractivity contribution is 6.07. The van der Waals surface area contributed by atoms with Crippen LogP contribution >= 0.6 is 0 Å². The number of carbonyl (C=O) groups excluding carboxylic acids is 6. The van der Waals surface area contributed by atoms with Crippen molar-refractivity contribution in [2.24, 2.45) is 11.8 Å². The third-order valence-corrected chi connectivity index (χ3v) is 16.9. The zero-order valence-corrected chi connectivity index (χ0v) is 50.9. The number of carbonyl (C=O) groups is 6. The Morgan fingerprint density at radius 2 is 0.968 bits per heavy atom. The first-order valence-electron chi connectivity index (χ1n) is 30.2. The molecule has 6 aromatic rings. The summed E-state index contributed by atoms with van der Waals surface area (Å²) in [6.07, 6.45) is -7.27. The summed E-state index contributed by atoms with van der Waals surface area (Å²) in [7, 11) is 0. The molecule has 6 aliphatic rings. The SMILES string of the molecule is C[C@@H](CC(=O)c1ccc2c(n1)N(C(=O)Nc1ccon1)[C@H]1CCCN2C1)C(F)(F)F.Cc1cc2c(nc1C(=O)CCC(F)(F)F)N(C(=O)Nc1ccccn1)[C@H]1CCCN2C1.Cc1cc2c(nc1C(=O)C[C@H](C)C(F)(F)F)N(C(=O)Nc1ccccn1)[C@H]1CCCN2C1. The lowest BCUT2D eigenvalue weighted by molar-refractivity contribution is -0.169. The molecule has 31 heteroatoms. The monoisotopic (exact) mass is 1300 g/mol. The van der Waals surface area contributed by atoms with E-state index in [-0.39, 0.29) is 46.8 Å². The van der Waals surface area contributed by atoms with Gasteiger partial charge in [-0.05, 0) is 112 Å².